The molecule has 1 aromatic carbocycles. The topological polar surface area (TPSA) is 109 Å². The van der Waals surface area contributed by atoms with Crippen molar-refractivity contribution in [1.29, 1.82) is 0 Å². The number of benzene rings is 1. The molecule has 0 radical (unpaired) electrons. The normalized spacial score (nSPS) is 14.2. The van der Waals surface area contributed by atoms with Gasteiger partial charge in [0.1, 0.15) is 16.7 Å². The van der Waals surface area contributed by atoms with Crippen molar-refractivity contribution in [2.24, 2.45) is 5.92 Å². The molecule has 0 saturated heterocycles. The number of aryl methyl sites for hydroxylation is 1. The molecule has 11 heteroatoms. The zero-order valence-electron chi connectivity index (χ0n) is 21.0. The monoisotopic (exact) mass is 634 g/mol. The smallest absolute Gasteiger partial charge is 0.408 e. The summed E-state index contributed by atoms with van der Waals surface area (Å²) in [7, 11) is -1.18. The molecule has 1 heterocycles. The van der Waals surface area contributed by atoms with E-state index in [1.54, 1.807) is 42.0 Å². The molecular formula is C24H35IN4O4S2. The van der Waals surface area contributed by atoms with E-state index in [0.29, 0.717) is 12.8 Å². The Balaban J connectivity index is 2.23. The van der Waals surface area contributed by atoms with E-state index in [9.17, 15) is 13.8 Å². The highest BCUT2D eigenvalue weighted by Crippen LogP contribution is 2.24. The summed E-state index contributed by atoms with van der Waals surface area (Å²) in [5.74, 6) is -0.0874. The first-order valence-electron chi connectivity index (χ1n) is 11.5. The van der Waals surface area contributed by atoms with Crippen LogP contribution in [0.4, 0.5) is 10.5 Å². The Morgan fingerprint density at radius 3 is 2.34 bits per heavy atom. The lowest BCUT2D eigenvalue weighted by atomic mass is 10.0. The highest BCUT2D eigenvalue weighted by Gasteiger charge is 2.28. The number of rotatable bonds is 11. The van der Waals surface area contributed by atoms with Gasteiger partial charge in [-0.1, -0.05) is 32.9 Å². The van der Waals surface area contributed by atoms with E-state index in [1.807, 2.05) is 50.4 Å². The van der Waals surface area contributed by atoms with Crippen LogP contribution < -0.4 is 15.4 Å². The minimum atomic E-state index is -1.18. The minimum absolute atomic E-state index is 0.189. The van der Waals surface area contributed by atoms with Crippen LogP contribution in [-0.4, -0.2) is 32.8 Å². The molecule has 2 aromatic rings. The van der Waals surface area contributed by atoms with Gasteiger partial charge in [0.05, 0.1) is 32.9 Å². The molecule has 0 aliphatic carbocycles. The highest BCUT2D eigenvalue weighted by molar-refractivity contribution is 14.2. The highest BCUT2D eigenvalue weighted by atomic mass is 127. The van der Waals surface area contributed by atoms with Crippen LogP contribution >= 0.6 is 32.5 Å². The van der Waals surface area contributed by atoms with Gasteiger partial charge in [0.2, 0.25) is 5.91 Å². The van der Waals surface area contributed by atoms with Crippen molar-refractivity contribution in [2.75, 3.05) is 4.72 Å². The van der Waals surface area contributed by atoms with E-state index in [4.69, 9.17) is 9.72 Å². The van der Waals surface area contributed by atoms with Crippen molar-refractivity contribution in [3.8, 4) is 0 Å². The third kappa shape index (κ3) is 10.8. The van der Waals surface area contributed by atoms with Crippen LogP contribution in [0.5, 0.6) is 0 Å². The van der Waals surface area contributed by atoms with Crippen molar-refractivity contribution in [3.05, 3.63) is 45.9 Å². The minimum Gasteiger partial charge on any atom is -0.444 e. The number of anilines is 1. The van der Waals surface area contributed by atoms with Gasteiger partial charge in [0.15, 0.2) is 8.16 Å². The van der Waals surface area contributed by atoms with Crippen LogP contribution in [0.25, 0.3) is 0 Å². The van der Waals surface area contributed by atoms with E-state index in [2.05, 4.69) is 15.4 Å². The maximum absolute atomic E-state index is 13.4. The molecule has 35 heavy (non-hydrogen) atoms. The maximum Gasteiger partial charge on any atom is 0.408 e. The summed E-state index contributed by atoms with van der Waals surface area (Å²) in [6.45, 7) is 11.4. The van der Waals surface area contributed by atoms with Gasteiger partial charge in [0.25, 0.3) is 0 Å². The van der Waals surface area contributed by atoms with Gasteiger partial charge in [-0.05, 0) is 63.6 Å². The molecule has 0 saturated carbocycles. The van der Waals surface area contributed by atoms with Gasteiger partial charge in [-0.25, -0.2) is 14.0 Å². The van der Waals surface area contributed by atoms with Gasteiger partial charge in [0, 0.05) is 11.1 Å². The van der Waals surface area contributed by atoms with Crippen LogP contribution in [0.15, 0.2) is 29.6 Å². The van der Waals surface area contributed by atoms with Crippen molar-refractivity contribution >= 4 is 58.4 Å². The zero-order valence-corrected chi connectivity index (χ0v) is 24.8. The zero-order chi connectivity index (χ0) is 26.2. The molecule has 0 fully saturated rings. The predicted octanol–water partition coefficient (Wildman–Crippen LogP) is 5.47. The first-order chi connectivity index (χ1) is 16.4. The molecule has 0 spiro atoms. The molecule has 1 aromatic heterocycles. The molecule has 8 nitrogen and oxygen atoms in total. The number of halogens is 1. The summed E-state index contributed by atoms with van der Waals surface area (Å²) < 4.78 is 19.6. The average molecular weight is 635 g/mol. The Morgan fingerprint density at radius 2 is 1.83 bits per heavy atom. The van der Waals surface area contributed by atoms with Crippen molar-refractivity contribution < 1.29 is 18.5 Å². The number of hydrogen-bond acceptors (Lipinski definition) is 6. The second-order valence-electron chi connectivity index (χ2n) is 9.65. The molecule has 0 aliphatic rings. The van der Waals surface area contributed by atoms with E-state index in [1.165, 1.54) is 11.3 Å². The number of ether oxygens (including phenoxy) is 1. The Kier molecular flexibility index (Phi) is 11.4. The molecule has 1 unspecified atom stereocenters. The first-order valence-corrected chi connectivity index (χ1v) is 16.1. The molecule has 2 rings (SSSR count). The molecule has 194 valence electrons. The lowest BCUT2D eigenvalue weighted by molar-refractivity contribution is -0.124. The molecule has 2 amide bonds. The van der Waals surface area contributed by atoms with Gasteiger partial charge in [-0.2, -0.15) is 0 Å². The van der Waals surface area contributed by atoms with Crippen LogP contribution in [0.3, 0.4) is 0 Å². The van der Waals surface area contributed by atoms with Crippen LogP contribution in [0.1, 0.15) is 70.3 Å². The predicted molar refractivity (Wildman–Crippen MR) is 151 cm³/mol. The Labute approximate surface area is 226 Å². The van der Waals surface area contributed by atoms with Crippen LogP contribution in [-0.2, 0) is 30.5 Å². The van der Waals surface area contributed by atoms with Gasteiger partial charge >= 0.3 is 6.09 Å². The number of nitrogens with one attached hydrogen (secondary N) is 3. The maximum atomic E-state index is 13.4. The van der Waals surface area contributed by atoms with E-state index in [-0.39, 0.29) is 17.9 Å². The third-order valence-corrected chi connectivity index (χ3v) is 6.92. The Hall–Kier alpha value is -1.73. The summed E-state index contributed by atoms with van der Waals surface area (Å²) in [6, 6.07) is 6.49. The van der Waals surface area contributed by atoms with Crippen molar-refractivity contribution in [3.63, 3.8) is 0 Å². The quantitative estimate of drug-likeness (QED) is 0.225. The van der Waals surface area contributed by atoms with Crippen molar-refractivity contribution in [1.82, 2.24) is 15.6 Å². The molecule has 0 aliphatic heterocycles. The summed E-state index contributed by atoms with van der Waals surface area (Å²) in [4.78, 5) is 30.5. The SMILES string of the molecule is CCc1csc([C@H](Cc2ccc(NS(=O)I)cc2)NC(=O)[C@H](CC(C)C)NC(=O)OC(C)(C)C)n1. The number of carbonyl (C=O) groups excluding carboxylic acids is 2. The summed E-state index contributed by atoms with van der Waals surface area (Å²) in [5.41, 5.74) is 2.06. The largest absolute Gasteiger partial charge is 0.444 e. The molecule has 0 bridgehead atoms. The number of carbonyl (C=O) groups is 2. The van der Waals surface area contributed by atoms with Gasteiger partial charge in [-0.3, -0.25) is 9.52 Å². The Bertz CT molecular complexity index is 1010. The number of hydrogen-bond donors (Lipinski definition) is 3. The fourth-order valence-corrected chi connectivity index (χ4v) is 5.34. The molecule has 3 N–H and O–H groups in total. The third-order valence-electron chi connectivity index (χ3n) is 4.85. The van der Waals surface area contributed by atoms with E-state index in [0.717, 1.165) is 28.4 Å². The molecule has 3 atom stereocenters. The van der Waals surface area contributed by atoms with Crippen LogP contribution in [0, 0.1) is 5.92 Å². The second-order valence-corrected chi connectivity index (χ2v) is 13.6. The van der Waals surface area contributed by atoms with Gasteiger partial charge < -0.3 is 15.4 Å². The summed E-state index contributed by atoms with van der Waals surface area (Å²) in [6.07, 6.45) is 1.19. The summed E-state index contributed by atoms with van der Waals surface area (Å²) in [5, 5.41) is 8.67. The van der Waals surface area contributed by atoms with Crippen molar-refractivity contribution in [2.45, 2.75) is 78.5 Å². The average Bonchev–Trinajstić information content (AvgIpc) is 3.21. The number of aromatic nitrogens is 1. The lowest BCUT2D eigenvalue weighted by Gasteiger charge is -2.26. The van der Waals surface area contributed by atoms with E-state index < -0.39 is 25.9 Å². The van der Waals surface area contributed by atoms with E-state index >= 15 is 0 Å². The number of amides is 2. The Morgan fingerprint density at radius 1 is 1.17 bits per heavy atom. The number of alkyl carbamates (subject to hydrolysis) is 1. The lowest BCUT2D eigenvalue weighted by Crippen LogP contribution is -2.49. The number of thiazole rings is 1. The van der Waals surface area contributed by atoms with Gasteiger partial charge in [-0.15, -0.1) is 11.3 Å². The second kappa shape index (κ2) is 13.5. The first kappa shape index (κ1) is 29.5. The van der Waals surface area contributed by atoms with Crippen LogP contribution in [0.2, 0.25) is 0 Å². The fourth-order valence-electron chi connectivity index (χ4n) is 3.31. The standard InChI is InChI=1S/C24H35IN4O4S2/c1-7-17-14-34-22(26-17)20(13-16-8-10-18(11-9-16)29-35(25)32)27-21(30)19(12-15(2)3)28-23(31)33-24(4,5)6/h8-11,14-15,19-20,29H,7,12-13H2,1-6H3,(H,27,30)(H,28,31)/t19-,20-,35?/m0/s1. The molecular weight excluding hydrogens is 599 g/mol. The fraction of sp³-hybridized carbons (Fsp3) is 0.542. The summed E-state index contributed by atoms with van der Waals surface area (Å²) >= 11 is 3.31. The number of nitrogens with zero attached hydrogens (tertiary/aromatic N) is 1.